The highest BCUT2D eigenvalue weighted by Gasteiger charge is 2.17. The van der Waals surface area contributed by atoms with E-state index in [1.54, 1.807) is 60.7 Å². The number of benzene rings is 3. The molecule has 3 rings (SSSR count). The quantitative estimate of drug-likeness (QED) is 0.226. The van der Waals surface area contributed by atoms with E-state index in [1.807, 2.05) is 0 Å². The van der Waals surface area contributed by atoms with E-state index < -0.39 is 11.8 Å². The van der Waals surface area contributed by atoms with Gasteiger partial charge in [-0.1, -0.05) is 18.2 Å². The molecule has 0 saturated heterocycles. The van der Waals surface area contributed by atoms with Crippen LogP contribution in [0.15, 0.2) is 71.5 Å². The largest absolute Gasteiger partial charge is 0.497 e. The van der Waals surface area contributed by atoms with Crippen LogP contribution >= 0.6 is 0 Å². The first-order valence-corrected chi connectivity index (χ1v) is 11.4. The predicted molar refractivity (Wildman–Crippen MR) is 143 cm³/mol. The molecule has 0 spiro atoms. The number of carbonyl (C=O) groups excluding carboxylic acids is 2. The Kier molecular flexibility index (Phi) is 9.70. The summed E-state index contributed by atoms with van der Waals surface area (Å²) in [6, 6.07) is 17.0. The Bertz CT molecular complexity index is 1340. The second kappa shape index (κ2) is 13.4. The molecule has 0 aliphatic carbocycles. The maximum atomic E-state index is 13.2. The Hall–Kier alpha value is -4.99. The second-order valence-corrected chi connectivity index (χ2v) is 7.61. The molecule has 3 aromatic rings. The van der Waals surface area contributed by atoms with Gasteiger partial charge >= 0.3 is 0 Å². The molecule has 38 heavy (non-hydrogen) atoms. The van der Waals surface area contributed by atoms with E-state index in [0.717, 1.165) is 0 Å². The van der Waals surface area contributed by atoms with Gasteiger partial charge in [-0.15, -0.1) is 0 Å². The predicted octanol–water partition coefficient (Wildman–Crippen LogP) is 3.65. The summed E-state index contributed by atoms with van der Waals surface area (Å²) in [6.07, 6.45) is 2.87. The number of amides is 2. The van der Waals surface area contributed by atoms with Crippen molar-refractivity contribution in [2.45, 2.75) is 0 Å². The van der Waals surface area contributed by atoms with E-state index in [9.17, 15) is 9.59 Å². The second-order valence-electron chi connectivity index (χ2n) is 7.61. The highest BCUT2D eigenvalue weighted by atomic mass is 16.5. The van der Waals surface area contributed by atoms with Crippen molar-refractivity contribution in [3.05, 3.63) is 83.1 Å². The molecule has 0 bridgehead atoms. The highest BCUT2D eigenvalue weighted by molar-refractivity contribution is 6.05. The first-order chi connectivity index (χ1) is 18.4. The number of hydrogen-bond donors (Lipinski definition) is 2. The number of rotatable bonds is 11. The summed E-state index contributed by atoms with van der Waals surface area (Å²) in [5.74, 6) is 1.11. The molecule has 3 aromatic carbocycles. The number of hydrazone groups is 1. The van der Waals surface area contributed by atoms with E-state index in [4.69, 9.17) is 23.7 Å². The van der Waals surface area contributed by atoms with Crippen LogP contribution in [0, 0.1) is 0 Å². The van der Waals surface area contributed by atoms with Gasteiger partial charge < -0.3 is 29.0 Å². The molecule has 0 radical (unpaired) electrons. The summed E-state index contributed by atoms with van der Waals surface area (Å²) in [6.45, 7) is 0. The molecule has 10 nitrogen and oxygen atoms in total. The van der Waals surface area contributed by atoms with Gasteiger partial charge in [0.15, 0.2) is 11.5 Å². The van der Waals surface area contributed by atoms with Gasteiger partial charge in [-0.05, 0) is 48.5 Å². The third-order valence-electron chi connectivity index (χ3n) is 5.37. The topological polar surface area (TPSA) is 117 Å². The van der Waals surface area contributed by atoms with Crippen molar-refractivity contribution >= 4 is 24.1 Å². The number of carbonyl (C=O) groups is 2. The lowest BCUT2D eigenvalue weighted by atomic mass is 10.1. The third-order valence-corrected chi connectivity index (χ3v) is 5.37. The number of nitrogens with one attached hydrogen (secondary N) is 2. The summed E-state index contributed by atoms with van der Waals surface area (Å²) < 4.78 is 26.8. The normalized spacial score (nSPS) is 11.0. The van der Waals surface area contributed by atoms with Crippen molar-refractivity contribution in [3.63, 3.8) is 0 Å². The summed E-state index contributed by atoms with van der Waals surface area (Å²) in [5.41, 5.74) is 3.79. The van der Waals surface area contributed by atoms with E-state index in [-0.39, 0.29) is 5.70 Å². The molecular formula is C28H29N3O7. The maximum absolute atomic E-state index is 13.2. The zero-order valence-electron chi connectivity index (χ0n) is 21.7. The molecule has 0 aliphatic rings. The van der Waals surface area contributed by atoms with E-state index >= 15 is 0 Å². The first-order valence-electron chi connectivity index (χ1n) is 11.4. The summed E-state index contributed by atoms with van der Waals surface area (Å²) in [7, 11) is 7.51. The van der Waals surface area contributed by atoms with E-state index in [0.29, 0.717) is 45.4 Å². The molecule has 0 aliphatic heterocycles. The number of methoxy groups -OCH3 is 5. The average molecular weight is 520 g/mol. The Morgan fingerprint density at radius 1 is 0.737 bits per heavy atom. The van der Waals surface area contributed by atoms with Crippen molar-refractivity contribution in [3.8, 4) is 28.7 Å². The van der Waals surface area contributed by atoms with Gasteiger partial charge in [-0.25, -0.2) is 5.43 Å². The minimum Gasteiger partial charge on any atom is -0.497 e. The molecule has 198 valence electrons. The van der Waals surface area contributed by atoms with Crippen LogP contribution < -0.4 is 34.4 Å². The molecule has 0 fully saturated rings. The molecule has 0 unspecified atom stereocenters. The molecule has 0 aromatic heterocycles. The smallest absolute Gasteiger partial charge is 0.287 e. The molecule has 0 saturated carbocycles. The SMILES string of the molecule is COc1ccc(OC)c(/C=C(\NC(=O)c2ccccc2)C(=O)N/N=C/c2ccc(OC)c(OC)c2OC)c1. The molecule has 10 heteroatoms. The Morgan fingerprint density at radius 2 is 1.42 bits per heavy atom. The molecule has 0 heterocycles. The zero-order valence-corrected chi connectivity index (χ0v) is 21.7. The van der Waals surface area contributed by atoms with Crippen LogP contribution in [0.4, 0.5) is 0 Å². The number of hydrogen-bond acceptors (Lipinski definition) is 8. The number of ether oxygens (including phenoxy) is 5. The molecule has 0 atom stereocenters. The molecule has 2 N–H and O–H groups in total. The number of nitrogens with zero attached hydrogens (tertiary/aromatic N) is 1. The molecule has 2 amide bonds. The van der Waals surface area contributed by atoms with Crippen LogP contribution in [0.5, 0.6) is 28.7 Å². The maximum Gasteiger partial charge on any atom is 0.287 e. The van der Waals surface area contributed by atoms with Crippen LogP contribution in [-0.2, 0) is 4.79 Å². The lowest BCUT2D eigenvalue weighted by Gasteiger charge is -2.14. The standard InChI is InChI=1S/C28H29N3O7/c1-34-21-12-14-23(35-2)20(15-21)16-22(30-27(32)18-9-7-6-8-10-18)28(33)31-29-17-19-11-13-24(36-3)26(38-5)25(19)37-4/h6-17H,1-5H3,(H,30,32)(H,31,33)/b22-16-,29-17+. The van der Waals surface area contributed by atoms with Crippen LogP contribution in [0.2, 0.25) is 0 Å². The van der Waals surface area contributed by atoms with E-state index in [1.165, 1.54) is 47.8 Å². The summed E-state index contributed by atoms with van der Waals surface area (Å²) >= 11 is 0. The van der Waals surface area contributed by atoms with Gasteiger partial charge in [0.1, 0.15) is 17.2 Å². The van der Waals surface area contributed by atoms with Crippen molar-refractivity contribution in [1.82, 2.24) is 10.7 Å². The van der Waals surface area contributed by atoms with Gasteiger partial charge in [0.05, 0.1) is 41.8 Å². The summed E-state index contributed by atoms with van der Waals surface area (Å²) in [5, 5.41) is 6.70. The Balaban J connectivity index is 1.93. The van der Waals surface area contributed by atoms with Gasteiger partial charge in [0.25, 0.3) is 11.8 Å². The van der Waals surface area contributed by atoms with Gasteiger partial charge in [0, 0.05) is 16.7 Å². The van der Waals surface area contributed by atoms with Crippen molar-refractivity contribution < 1.29 is 33.3 Å². The zero-order chi connectivity index (χ0) is 27.5. The van der Waals surface area contributed by atoms with Crippen molar-refractivity contribution in [2.24, 2.45) is 5.10 Å². The van der Waals surface area contributed by atoms with E-state index in [2.05, 4.69) is 15.8 Å². The summed E-state index contributed by atoms with van der Waals surface area (Å²) in [4.78, 5) is 26.0. The van der Waals surface area contributed by atoms with Crippen molar-refractivity contribution in [1.29, 1.82) is 0 Å². The van der Waals surface area contributed by atoms with Crippen LogP contribution in [0.25, 0.3) is 6.08 Å². The van der Waals surface area contributed by atoms with Gasteiger partial charge in [0.2, 0.25) is 5.75 Å². The minimum absolute atomic E-state index is 0.0677. The lowest BCUT2D eigenvalue weighted by molar-refractivity contribution is -0.117. The van der Waals surface area contributed by atoms with Crippen LogP contribution in [-0.4, -0.2) is 53.6 Å². The lowest BCUT2D eigenvalue weighted by Crippen LogP contribution is -2.32. The first kappa shape index (κ1) is 27.6. The third kappa shape index (κ3) is 6.61. The average Bonchev–Trinajstić information content (AvgIpc) is 2.96. The van der Waals surface area contributed by atoms with Crippen molar-refractivity contribution in [2.75, 3.05) is 35.5 Å². The van der Waals surface area contributed by atoms with Crippen LogP contribution in [0.1, 0.15) is 21.5 Å². The fraction of sp³-hybridized carbons (Fsp3) is 0.179. The van der Waals surface area contributed by atoms with Gasteiger partial charge in [-0.2, -0.15) is 5.10 Å². The Morgan fingerprint density at radius 3 is 2.05 bits per heavy atom. The fourth-order valence-corrected chi connectivity index (χ4v) is 3.50. The minimum atomic E-state index is -0.671. The Labute approximate surface area is 220 Å². The monoisotopic (exact) mass is 519 g/mol. The fourth-order valence-electron chi connectivity index (χ4n) is 3.50. The van der Waals surface area contributed by atoms with Gasteiger partial charge in [-0.3, -0.25) is 9.59 Å². The van der Waals surface area contributed by atoms with Crippen LogP contribution in [0.3, 0.4) is 0 Å². The molecular weight excluding hydrogens is 490 g/mol. The highest BCUT2D eigenvalue weighted by Crippen LogP contribution is 2.39.